The molecule has 7 unspecified atom stereocenters. The molecule has 0 spiro atoms. The molecule has 1 fully saturated rings. The van der Waals surface area contributed by atoms with E-state index in [1.807, 2.05) is 0 Å². The lowest BCUT2D eigenvalue weighted by molar-refractivity contribution is 0.129. The van der Waals surface area contributed by atoms with Gasteiger partial charge in [-0.15, -0.1) is 0 Å². The van der Waals surface area contributed by atoms with Crippen molar-refractivity contribution in [1.82, 2.24) is 0 Å². The highest BCUT2D eigenvalue weighted by Gasteiger charge is 2.41. The highest BCUT2D eigenvalue weighted by molar-refractivity contribution is 5.62. The van der Waals surface area contributed by atoms with E-state index < -0.39 is 0 Å². The smallest absolute Gasteiger partial charge is 0.0352 e. The summed E-state index contributed by atoms with van der Waals surface area (Å²) in [6.45, 7) is 26.4. The molecule has 0 aromatic heterocycles. The van der Waals surface area contributed by atoms with Crippen LogP contribution >= 0.6 is 0 Å². The predicted octanol–water partition coefficient (Wildman–Crippen LogP) is 11.7. The maximum absolute atomic E-state index is 6.86. The summed E-state index contributed by atoms with van der Waals surface area (Å²) in [7, 11) is 0. The molecule has 7 atom stereocenters. The Kier molecular flexibility index (Phi) is 11.8. The van der Waals surface area contributed by atoms with Crippen LogP contribution in [0.2, 0.25) is 0 Å². The average Bonchev–Trinajstić information content (AvgIpc) is 2.96. The number of rotatable bonds is 12. The van der Waals surface area contributed by atoms with Crippen molar-refractivity contribution in [1.29, 1.82) is 0 Å². The second-order valence-corrected chi connectivity index (χ2v) is 14.3. The molecule has 0 aliphatic heterocycles. The molecule has 2 aromatic rings. The zero-order valence-electron chi connectivity index (χ0n) is 28.6. The molecule has 2 nitrogen and oxygen atoms in total. The van der Waals surface area contributed by atoms with Crippen LogP contribution in [0, 0.1) is 23.7 Å². The monoisotopic (exact) mass is 561 g/mol. The van der Waals surface area contributed by atoms with Gasteiger partial charge in [-0.05, 0) is 131 Å². The minimum absolute atomic E-state index is 0.352. The molecular formula is C39H64N2. The summed E-state index contributed by atoms with van der Waals surface area (Å²) < 4.78 is 0. The largest absolute Gasteiger partial charge is 0.398 e. The van der Waals surface area contributed by atoms with Gasteiger partial charge in [0.2, 0.25) is 0 Å². The van der Waals surface area contributed by atoms with E-state index in [9.17, 15) is 0 Å². The summed E-state index contributed by atoms with van der Waals surface area (Å²) in [5, 5.41) is 0. The third kappa shape index (κ3) is 6.83. The minimum atomic E-state index is 0.352. The number of anilines is 2. The standard InChI is InChI=1S/C39H64N2/c1-12-25(8)35-30(18-20-33(40)37(35)27(10)14-3)39(32-22-24(7)16-17-29(32)23(5)6)31-19-21-34(41)38(28(11)15-4)36(31)26(9)13-2/h18-21,23-29,32,39H,12-17,22,40-41H2,1-11H3. The van der Waals surface area contributed by atoms with Crippen molar-refractivity contribution in [3.05, 3.63) is 57.6 Å². The predicted molar refractivity (Wildman–Crippen MR) is 183 cm³/mol. The van der Waals surface area contributed by atoms with Crippen LogP contribution in [-0.4, -0.2) is 0 Å². The van der Waals surface area contributed by atoms with Crippen LogP contribution in [0.5, 0.6) is 0 Å². The summed E-state index contributed by atoms with van der Waals surface area (Å²) in [4.78, 5) is 0. The van der Waals surface area contributed by atoms with E-state index in [2.05, 4.69) is 100 Å². The fourth-order valence-corrected chi connectivity index (χ4v) is 8.19. The highest BCUT2D eigenvalue weighted by Crippen LogP contribution is 2.53. The summed E-state index contributed by atoms with van der Waals surface area (Å²) >= 11 is 0. The SMILES string of the molecule is CCC(C)c1c(N)ccc(C(c2ccc(N)c(C(C)CC)c2C(C)CC)C2CC(C)CCC2C(C)C)c1C(C)CC. The van der Waals surface area contributed by atoms with Crippen LogP contribution in [0.15, 0.2) is 24.3 Å². The maximum atomic E-state index is 6.86. The van der Waals surface area contributed by atoms with Gasteiger partial charge in [-0.1, -0.05) is 94.7 Å². The topological polar surface area (TPSA) is 52.0 Å². The normalized spacial score (nSPS) is 23.3. The van der Waals surface area contributed by atoms with E-state index in [0.29, 0.717) is 47.3 Å². The van der Waals surface area contributed by atoms with E-state index in [4.69, 9.17) is 11.5 Å². The van der Waals surface area contributed by atoms with Crippen LogP contribution in [0.4, 0.5) is 11.4 Å². The first-order chi connectivity index (χ1) is 19.4. The van der Waals surface area contributed by atoms with Gasteiger partial charge in [0.1, 0.15) is 0 Å². The van der Waals surface area contributed by atoms with Crippen LogP contribution in [-0.2, 0) is 0 Å². The van der Waals surface area contributed by atoms with Gasteiger partial charge in [-0.2, -0.15) is 0 Å². The van der Waals surface area contributed by atoms with E-state index in [0.717, 1.165) is 43.0 Å². The molecule has 0 saturated heterocycles. The molecule has 0 amide bonds. The molecule has 41 heavy (non-hydrogen) atoms. The summed E-state index contributed by atoms with van der Waals surface area (Å²) in [5.41, 5.74) is 24.7. The Hall–Kier alpha value is -1.96. The molecule has 2 heteroatoms. The molecule has 1 saturated carbocycles. The number of hydrogen-bond donors (Lipinski definition) is 2. The zero-order valence-corrected chi connectivity index (χ0v) is 28.6. The van der Waals surface area contributed by atoms with Gasteiger partial charge in [0.15, 0.2) is 0 Å². The van der Waals surface area contributed by atoms with Crippen LogP contribution < -0.4 is 11.5 Å². The first kappa shape index (κ1) is 33.5. The van der Waals surface area contributed by atoms with Crippen molar-refractivity contribution in [2.75, 3.05) is 11.5 Å². The second-order valence-electron chi connectivity index (χ2n) is 14.3. The van der Waals surface area contributed by atoms with Gasteiger partial charge >= 0.3 is 0 Å². The Morgan fingerprint density at radius 2 is 0.976 bits per heavy atom. The van der Waals surface area contributed by atoms with E-state index >= 15 is 0 Å². The molecule has 0 bridgehead atoms. The van der Waals surface area contributed by atoms with Gasteiger partial charge in [-0.25, -0.2) is 0 Å². The van der Waals surface area contributed by atoms with Gasteiger partial charge in [0.25, 0.3) is 0 Å². The molecule has 0 heterocycles. The quantitative estimate of drug-likeness (QED) is 0.254. The molecule has 1 aliphatic carbocycles. The number of nitrogen functional groups attached to an aromatic ring is 2. The van der Waals surface area contributed by atoms with E-state index in [-0.39, 0.29) is 0 Å². The number of nitrogens with two attached hydrogens (primary N) is 2. The first-order valence-corrected chi connectivity index (χ1v) is 17.3. The van der Waals surface area contributed by atoms with E-state index in [1.54, 1.807) is 22.3 Å². The fraction of sp³-hybridized carbons (Fsp3) is 0.692. The Balaban J connectivity index is 2.53. The lowest BCUT2D eigenvalue weighted by Crippen LogP contribution is -2.34. The maximum Gasteiger partial charge on any atom is 0.0352 e. The Bertz CT molecular complexity index is 1060. The second kappa shape index (κ2) is 14.5. The third-order valence-electron chi connectivity index (χ3n) is 11.3. The average molecular weight is 561 g/mol. The lowest BCUT2D eigenvalue weighted by atomic mass is 9.60. The van der Waals surface area contributed by atoms with Crippen molar-refractivity contribution in [3.8, 4) is 0 Å². The minimum Gasteiger partial charge on any atom is -0.398 e. The number of benzene rings is 2. The van der Waals surface area contributed by atoms with Crippen LogP contribution in [0.1, 0.15) is 184 Å². The summed E-state index contributed by atoms with van der Waals surface area (Å²) in [5.74, 6) is 4.91. The zero-order chi connectivity index (χ0) is 30.6. The number of hydrogen-bond acceptors (Lipinski definition) is 2. The van der Waals surface area contributed by atoms with Crippen molar-refractivity contribution in [2.45, 2.75) is 151 Å². The molecule has 4 N–H and O–H groups in total. The molecular weight excluding hydrogens is 496 g/mol. The van der Waals surface area contributed by atoms with Crippen molar-refractivity contribution >= 4 is 11.4 Å². The van der Waals surface area contributed by atoms with Gasteiger partial charge in [0, 0.05) is 17.3 Å². The Morgan fingerprint density at radius 1 is 0.585 bits per heavy atom. The highest BCUT2D eigenvalue weighted by atomic mass is 14.6. The van der Waals surface area contributed by atoms with Crippen LogP contribution in [0.25, 0.3) is 0 Å². The molecule has 3 rings (SSSR count). The first-order valence-electron chi connectivity index (χ1n) is 17.3. The Labute approximate surface area is 254 Å². The summed E-state index contributed by atoms with van der Waals surface area (Å²) in [6.07, 6.45) is 8.43. The van der Waals surface area contributed by atoms with Crippen molar-refractivity contribution in [2.24, 2.45) is 23.7 Å². The molecule has 1 aliphatic rings. The van der Waals surface area contributed by atoms with Crippen molar-refractivity contribution in [3.63, 3.8) is 0 Å². The van der Waals surface area contributed by atoms with E-state index in [1.165, 1.54) is 30.4 Å². The molecule has 0 radical (unpaired) electrons. The Morgan fingerprint density at radius 3 is 1.34 bits per heavy atom. The van der Waals surface area contributed by atoms with Gasteiger partial charge in [0.05, 0.1) is 0 Å². The fourth-order valence-electron chi connectivity index (χ4n) is 8.19. The van der Waals surface area contributed by atoms with Gasteiger partial charge < -0.3 is 11.5 Å². The molecule has 230 valence electrons. The summed E-state index contributed by atoms with van der Waals surface area (Å²) in [6, 6.07) is 9.40. The molecule has 2 aromatic carbocycles. The van der Waals surface area contributed by atoms with Gasteiger partial charge in [-0.3, -0.25) is 0 Å². The third-order valence-corrected chi connectivity index (χ3v) is 11.3. The van der Waals surface area contributed by atoms with Crippen LogP contribution in [0.3, 0.4) is 0 Å². The van der Waals surface area contributed by atoms with Crippen molar-refractivity contribution < 1.29 is 0 Å². The lowest BCUT2D eigenvalue weighted by Gasteiger charge is -2.44.